The number of hydrogen-bond acceptors (Lipinski definition) is 3. The number of likely N-dealkylation sites (tertiary alicyclic amines) is 1. The molecule has 23 heavy (non-hydrogen) atoms. The molecule has 3 rings (SSSR count). The van der Waals surface area contributed by atoms with Crippen molar-refractivity contribution < 1.29 is 4.74 Å². The molecule has 0 amide bonds. The standard InChI is InChI=1S/C19H27N3O/c1-14-19(15(2)21(3)20-14)18-6-5-12-22(18)13-11-16-7-9-17(23-4)10-8-16/h7-10,18H,5-6,11-13H2,1-4H3/t18-/m1/s1. The van der Waals surface area contributed by atoms with Crippen molar-refractivity contribution in [1.82, 2.24) is 14.7 Å². The van der Waals surface area contributed by atoms with Gasteiger partial charge in [0.25, 0.3) is 0 Å². The summed E-state index contributed by atoms with van der Waals surface area (Å²) >= 11 is 0. The van der Waals surface area contributed by atoms with Crippen molar-refractivity contribution in [2.75, 3.05) is 20.2 Å². The van der Waals surface area contributed by atoms with Crippen molar-refractivity contribution in [3.05, 3.63) is 46.8 Å². The average Bonchev–Trinajstić information content (AvgIpc) is 3.10. The van der Waals surface area contributed by atoms with Gasteiger partial charge in [0.2, 0.25) is 0 Å². The van der Waals surface area contributed by atoms with Crippen LogP contribution in [-0.2, 0) is 13.5 Å². The second-order valence-electron chi connectivity index (χ2n) is 6.50. The van der Waals surface area contributed by atoms with Crippen LogP contribution >= 0.6 is 0 Å². The Balaban J connectivity index is 1.69. The first-order valence-corrected chi connectivity index (χ1v) is 8.47. The Hall–Kier alpha value is -1.81. The molecule has 1 saturated heterocycles. The lowest BCUT2D eigenvalue weighted by Crippen LogP contribution is -2.26. The van der Waals surface area contributed by atoms with Gasteiger partial charge in [0, 0.05) is 30.9 Å². The quantitative estimate of drug-likeness (QED) is 0.847. The molecule has 4 nitrogen and oxygen atoms in total. The molecular weight excluding hydrogens is 286 g/mol. The lowest BCUT2D eigenvalue weighted by molar-refractivity contribution is 0.259. The number of aryl methyl sites for hydroxylation is 2. The minimum Gasteiger partial charge on any atom is -0.497 e. The van der Waals surface area contributed by atoms with E-state index in [1.165, 1.54) is 41.9 Å². The van der Waals surface area contributed by atoms with Crippen LogP contribution in [0.3, 0.4) is 0 Å². The van der Waals surface area contributed by atoms with Crippen LogP contribution in [0.1, 0.15) is 41.4 Å². The molecule has 124 valence electrons. The van der Waals surface area contributed by atoms with Gasteiger partial charge in [-0.2, -0.15) is 5.10 Å². The van der Waals surface area contributed by atoms with Crippen LogP contribution < -0.4 is 4.74 Å². The van der Waals surface area contributed by atoms with Crippen LogP contribution in [0.25, 0.3) is 0 Å². The molecule has 0 unspecified atom stereocenters. The van der Waals surface area contributed by atoms with Crippen LogP contribution in [-0.4, -0.2) is 34.9 Å². The predicted octanol–water partition coefficient (Wildman–Crippen LogP) is 3.43. The molecule has 1 aliphatic rings. The maximum absolute atomic E-state index is 5.23. The van der Waals surface area contributed by atoms with E-state index < -0.39 is 0 Å². The monoisotopic (exact) mass is 313 g/mol. The number of benzene rings is 1. The minimum atomic E-state index is 0.530. The summed E-state index contributed by atoms with van der Waals surface area (Å²) in [6, 6.07) is 8.97. The Labute approximate surface area is 139 Å². The molecule has 2 heterocycles. The van der Waals surface area contributed by atoms with Gasteiger partial charge in [-0.3, -0.25) is 9.58 Å². The third-order valence-corrected chi connectivity index (χ3v) is 5.11. The molecule has 0 radical (unpaired) electrons. The minimum absolute atomic E-state index is 0.530. The number of aromatic nitrogens is 2. The first kappa shape index (κ1) is 16.1. The molecule has 0 saturated carbocycles. The molecule has 1 aromatic carbocycles. The van der Waals surface area contributed by atoms with E-state index in [0.717, 1.165) is 18.7 Å². The molecule has 0 bridgehead atoms. The van der Waals surface area contributed by atoms with Gasteiger partial charge in [0.1, 0.15) is 5.75 Å². The molecule has 0 spiro atoms. The Morgan fingerprint density at radius 1 is 1.22 bits per heavy atom. The van der Waals surface area contributed by atoms with E-state index >= 15 is 0 Å². The van der Waals surface area contributed by atoms with Gasteiger partial charge in [-0.1, -0.05) is 12.1 Å². The number of rotatable bonds is 5. The third kappa shape index (κ3) is 3.27. The molecule has 1 aliphatic heterocycles. The summed E-state index contributed by atoms with van der Waals surface area (Å²) in [6.45, 7) is 6.62. The average molecular weight is 313 g/mol. The number of methoxy groups -OCH3 is 1. The Morgan fingerprint density at radius 3 is 2.57 bits per heavy atom. The lowest BCUT2D eigenvalue weighted by atomic mass is 10.0. The summed E-state index contributed by atoms with van der Waals surface area (Å²) in [4.78, 5) is 2.63. The van der Waals surface area contributed by atoms with Crippen LogP contribution in [0.4, 0.5) is 0 Å². The van der Waals surface area contributed by atoms with Crippen LogP contribution in [0.5, 0.6) is 5.75 Å². The first-order chi connectivity index (χ1) is 11.1. The van der Waals surface area contributed by atoms with Gasteiger partial charge in [0.05, 0.1) is 12.8 Å². The van der Waals surface area contributed by atoms with E-state index in [1.54, 1.807) is 7.11 Å². The number of hydrogen-bond donors (Lipinski definition) is 0. The molecule has 0 aliphatic carbocycles. The Morgan fingerprint density at radius 2 is 1.96 bits per heavy atom. The van der Waals surface area contributed by atoms with E-state index in [4.69, 9.17) is 4.74 Å². The van der Waals surface area contributed by atoms with Crippen molar-refractivity contribution >= 4 is 0 Å². The fraction of sp³-hybridized carbons (Fsp3) is 0.526. The van der Waals surface area contributed by atoms with Crippen LogP contribution in [0, 0.1) is 13.8 Å². The van der Waals surface area contributed by atoms with E-state index in [1.807, 2.05) is 23.9 Å². The summed E-state index contributed by atoms with van der Waals surface area (Å²) in [6.07, 6.45) is 3.61. The van der Waals surface area contributed by atoms with Gasteiger partial charge >= 0.3 is 0 Å². The van der Waals surface area contributed by atoms with Crippen molar-refractivity contribution in [3.8, 4) is 5.75 Å². The molecule has 1 atom stereocenters. The fourth-order valence-corrected chi connectivity index (χ4v) is 3.76. The van der Waals surface area contributed by atoms with E-state index in [-0.39, 0.29) is 0 Å². The predicted molar refractivity (Wildman–Crippen MR) is 92.9 cm³/mol. The smallest absolute Gasteiger partial charge is 0.118 e. The zero-order valence-electron chi connectivity index (χ0n) is 14.7. The van der Waals surface area contributed by atoms with Gasteiger partial charge in [-0.25, -0.2) is 0 Å². The topological polar surface area (TPSA) is 30.3 Å². The largest absolute Gasteiger partial charge is 0.497 e. The molecule has 1 aromatic heterocycles. The molecule has 1 fully saturated rings. The molecule has 2 aromatic rings. The highest BCUT2D eigenvalue weighted by atomic mass is 16.5. The highest BCUT2D eigenvalue weighted by Gasteiger charge is 2.29. The second-order valence-corrected chi connectivity index (χ2v) is 6.50. The lowest BCUT2D eigenvalue weighted by Gasteiger charge is -2.25. The van der Waals surface area contributed by atoms with Crippen molar-refractivity contribution in [1.29, 1.82) is 0 Å². The second kappa shape index (κ2) is 6.75. The summed E-state index contributed by atoms with van der Waals surface area (Å²) in [5.41, 5.74) is 5.31. The van der Waals surface area contributed by atoms with E-state index in [0.29, 0.717) is 6.04 Å². The fourth-order valence-electron chi connectivity index (χ4n) is 3.76. The molecule has 0 N–H and O–H groups in total. The summed E-state index contributed by atoms with van der Waals surface area (Å²) < 4.78 is 7.25. The first-order valence-electron chi connectivity index (χ1n) is 8.47. The Bertz CT molecular complexity index is 660. The normalized spacial score (nSPS) is 18.5. The third-order valence-electron chi connectivity index (χ3n) is 5.11. The molecule has 4 heteroatoms. The van der Waals surface area contributed by atoms with Gasteiger partial charge in [0.15, 0.2) is 0 Å². The van der Waals surface area contributed by atoms with E-state index in [9.17, 15) is 0 Å². The summed E-state index contributed by atoms with van der Waals surface area (Å²) in [7, 11) is 3.75. The van der Waals surface area contributed by atoms with Gasteiger partial charge in [-0.05, 0) is 57.4 Å². The highest BCUT2D eigenvalue weighted by molar-refractivity contribution is 5.30. The summed E-state index contributed by atoms with van der Waals surface area (Å²) in [5, 5.41) is 4.60. The zero-order valence-corrected chi connectivity index (χ0v) is 14.7. The SMILES string of the molecule is COc1ccc(CCN2CCC[C@@H]2c2c(C)nn(C)c2C)cc1. The Kier molecular flexibility index (Phi) is 4.71. The van der Waals surface area contributed by atoms with Gasteiger partial charge in [-0.15, -0.1) is 0 Å². The summed E-state index contributed by atoms with van der Waals surface area (Å²) in [5.74, 6) is 0.925. The maximum atomic E-state index is 5.23. The van der Waals surface area contributed by atoms with Crippen molar-refractivity contribution in [2.45, 2.75) is 39.2 Å². The number of nitrogens with zero attached hydrogens (tertiary/aromatic N) is 3. The van der Waals surface area contributed by atoms with Crippen molar-refractivity contribution in [3.63, 3.8) is 0 Å². The van der Waals surface area contributed by atoms with E-state index in [2.05, 4.69) is 36.0 Å². The maximum Gasteiger partial charge on any atom is 0.118 e. The van der Waals surface area contributed by atoms with Gasteiger partial charge < -0.3 is 4.74 Å². The zero-order chi connectivity index (χ0) is 16.4. The van der Waals surface area contributed by atoms with Crippen molar-refractivity contribution in [2.24, 2.45) is 7.05 Å². The molecular formula is C19H27N3O. The number of ether oxygens (including phenoxy) is 1. The van der Waals surface area contributed by atoms with Crippen LogP contribution in [0.2, 0.25) is 0 Å². The highest BCUT2D eigenvalue weighted by Crippen LogP contribution is 2.35. The van der Waals surface area contributed by atoms with Crippen LogP contribution in [0.15, 0.2) is 24.3 Å².